The number of carbonyl (C=O) groups is 2. The smallest absolute Gasteiger partial charge is 0.270 e. The third-order valence-corrected chi connectivity index (χ3v) is 4.90. The summed E-state index contributed by atoms with van der Waals surface area (Å²) in [4.78, 5) is 47.8. The molecule has 1 fully saturated rings. The summed E-state index contributed by atoms with van der Waals surface area (Å²) in [6, 6.07) is 7.35. The number of H-pyrrole nitrogens is 1. The third-order valence-electron chi connectivity index (χ3n) is 4.90. The first-order chi connectivity index (χ1) is 13.0. The molecular weight excluding hydrogens is 344 g/mol. The molecule has 27 heavy (non-hydrogen) atoms. The van der Waals surface area contributed by atoms with Crippen LogP contribution in [0.2, 0.25) is 0 Å². The number of aromatic amines is 1. The summed E-state index contributed by atoms with van der Waals surface area (Å²) in [5.41, 5.74) is 1.55. The van der Waals surface area contributed by atoms with Gasteiger partial charge in [0, 0.05) is 44.9 Å². The van der Waals surface area contributed by atoms with Gasteiger partial charge < -0.3 is 14.8 Å². The highest BCUT2D eigenvalue weighted by atomic mass is 16.2. The molecule has 7 nitrogen and oxygen atoms in total. The van der Waals surface area contributed by atoms with Crippen molar-refractivity contribution in [2.75, 3.05) is 26.2 Å². The van der Waals surface area contributed by atoms with Crippen LogP contribution in [-0.4, -0.2) is 57.8 Å². The monoisotopic (exact) mass is 370 g/mol. The molecule has 2 amide bonds. The fourth-order valence-electron chi connectivity index (χ4n) is 3.37. The van der Waals surface area contributed by atoms with Gasteiger partial charge in [-0.2, -0.15) is 0 Å². The van der Waals surface area contributed by atoms with Gasteiger partial charge in [-0.05, 0) is 18.6 Å². The first kappa shape index (κ1) is 19.1. The summed E-state index contributed by atoms with van der Waals surface area (Å²) >= 11 is 0. The number of amides is 2. The summed E-state index contributed by atoms with van der Waals surface area (Å²) in [7, 11) is 0. The molecule has 0 radical (unpaired) electrons. The first-order valence-corrected chi connectivity index (χ1v) is 9.50. The van der Waals surface area contributed by atoms with Crippen LogP contribution in [0.1, 0.15) is 32.4 Å². The lowest BCUT2D eigenvalue weighted by atomic mass is 10.2. The van der Waals surface area contributed by atoms with Crippen molar-refractivity contribution in [3.8, 4) is 0 Å². The van der Waals surface area contributed by atoms with E-state index in [2.05, 4.69) is 9.97 Å². The molecule has 1 N–H and O–H groups in total. The Balaban J connectivity index is 1.60. The zero-order valence-corrected chi connectivity index (χ0v) is 15.9. The number of rotatable bonds is 4. The minimum absolute atomic E-state index is 0.00297. The number of aromatic nitrogens is 2. The predicted octanol–water partition coefficient (Wildman–Crippen LogP) is 1.57. The second kappa shape index (κ2) is 8.33. The third kappa shape index (κ3) is 4.53. The summed E-state index contributed by atoms with van der Waals surface area (Å²) in [6.45, 7) is 6.22. The number of aryl methyl sites for hydroxylation is 1. The Bertz CT molecular complexity index is 890. The molecule has 0 bridgehead atoms. The van der Waals surface area contributed by atoms with E-state index in [1.54, 1.807) is 11.0 Å². The van der Waals surface area contributed by atoms with E-state index >= 15 is 0 Å². The van der Waals surface area contributed by atoms with Gasteiger partial charge in [0.15, 0.2) is 0 Å². The van der Waals surface area contributed by atoms with Crippen molar-refractivity contribution in [1.82, 2.24) is 19.8 Å². The largest absolute Gasteiger partial charge is 0.341 e. The van der Waals surface area contributed by atoms with E-state index in [-0.39, 0.29) is 29.7 Å². The molecule has 1 aromatic carbocycles. The van der Waals surface area contributed by atoms with Crippen LogP contribution in [-0.2, 0) is 16.0 Å². The number of carbonyl (C=O) groups excluding carboxylic acids is 2. The van der Waals surface area contributed by atoms with E-state index in [0.29, 0.717) is 43.8 Å². The van der Waals surface area contributed by atoms with E-state index < -0.39 is 0 Å². The van der Waals surface area contributed by atoms with Gasteiger partial charge in [0.2, 0.25) is 11.8 Å². The maximum atomic E-state index is 12.6. The van der Waals surface area contributed by atoms with Crippen molar-refractivity contribution in [1.29, 1.82) is 0 Å². The standard InChI is InChI=1S/C20H26N4O3/c1-14(2)20(27)24-11-5-10-23(12-13-24)18(25)9-8-17-19(26)22-16-7-4-3-6-15(16)21-17/h3-4,6-7,14H,5,8-13H2,1-2H3,(H,22,26). The van der Waals surface area contributed by atoms with Gasteiger partial charge >= 0.3 is 0 Å². The van der Waals surface area contributed by atoms with Crippen LogP contribution in [0.3, 0.4) is 0 Å². The molecule has 1 aliphatic heterocycles. The lowest BCUT2D eigenvalue weighted by molar-refractivity contribution is -0.135. The molecule has 1 aliphatic rings. The normalized spacial score (nSPS) is 15.2. The summed E-state index contributed by atoms with van der Waals surface area (Å²) in [5, 5.41) is 0. The molecule has 0 saturated carbocycles. The second-order valence-corrected chi connectivity index (χ2v) is 7.24. The fraction of sp³-hybridized carbons (Fsp3) is 0.500. The highest BCUT2D eigenvalue weighted by Crippen LogP contribution is 2.11. The Morgan fingerprint density at radius 2 is 1.81 bits per heavy atom. The quantitative estimate of drug-likeness (QED) is 0.885. The number of hydrogen-bond donors (Lipinski definition) is 1. The zero-order valence-electron chi connectivity index (χ0n) is 15.9. The van der Waals surface area contributed by atoms with Crippen LogP contribution in [0.15, 0.2) is 29.1 Å². The second-order valence-electron chi connectivity index (χ2n) is 7.24. The van der Waals surface area contributed by atoms with Crippen molar-refractivity contribution in [2.24, 2.45) is 5.92 Å². The number of nitrogens with zero attached hydrogens (tertiary/aromatic N) is 3. The van der Waals surface area contributed by atoms with Gasteiger partial charge in [-0.15, -0.1) is 0 Å². The van der Waals surface area contributed by atoms with Crippen molar-refractivity contribution in [2.45, 2.75) is 33.1 Å². The Morgan fingerprint density at radius 1 is 1.11 bits per heavy atom. The fourth-order valence-corrected chi connectivity index (χ4v) is 3.37. The van der Waals surface area contributed by atoms with E-state index in [1.807, 2.05) is 36.9 Å². The Hall–Kier alpha value is -2.70. The van der Waals surface area contributed by atoms with Gasteiger partial charge in [0.25, 0.3) is 5.56 Å². The Kier molecular flexibility index (Phi) is 5.88. The zero-order chi connectivity index (χ0) is 19.4. The van der Waals surface area contributed by atoms with Gasteiger partial charge in [-0.25, -0.2) is 4.98 Å². The molecule has 3 rings (SSSR count). The number of benzene rings is 1. The minimum atomic E-state index is -0.244. The first-order valence-electron chi connectivity index (χ1n) is 9.50. The van der Waals surface area contributed by atoms with Crippen molar-refractivity contribution >= 4 is 22.8 Å². The van der Waals surface area contributed by atoms with Crippen LogP contribution in [0.25, 0.3) is 11.0 Å². The maximum absolute atomic E-state index is 12.6. The average Bonchev–Trinajstić information content (AvgIpc) is 2.91. The lowest BCUT2D eigenvalue weighted by Gasteiger charge is -2.23. The van der Waals surface area contributed by atoms with Gasteiger partial charge in [-0.3, -0.25) is 14.4 Å². The minimum Gasteiger partial charge on any atom is -0.341 e. The highest BCUT2D eigenvalue weighted by molar-refractivity contribution is 5.79. The molecule has 2 heterocycles. The van der Waals surface area contributed by atoms with Crippen LogP contribution >= 0.6 is 0 Å². The van der Waals surface area contributed by atoms with Gasteiger partial charge in [-0.1, -0.05) is 26.0 Å². The van der Waals surface area contributed by atoms with E-state index in [9.17, 15) is 14.4 Å². The highest BCUT2D eigenvalue weighted by Gasteiger charge is 2.23. The summed E-state index contributed by atoms with van der Waals surface area (Å²) < 4.78 is 0. The lowest BCUT2D eigenvalue weighted by Crippen LogP contribution is -2.39. The van der Waals surface area contributed by atoms with E-state index in [4.69, 9.17) is 0 Å². The molecule has 144 valence electrons. The topological polar surface area (TPSA) is 86.4 Å². The molecule has 0 unspecified atom stereocenters. The van der Waals surface area contributed by atoms with Crippen LogP contribution in [0.4, 0.5) is 0 Å². The molecule has 2 aromatic rings. The number of hydrogen-bond acceptors (Lipinski definition) is 4. The van der Waals surface area contributed by atoms with E-state index in [1.165, 1.54) is 0 Å². The van der Waals surface area contributed by atoms with Crippen LogP contribution in [0.5, 0.6) is 0 Å². The molecule has 0 aliphatic carbocycles. The number of para-hydroxylation sites is 2. The van der Waals surface area contributed by atoms with Crippen molar-refractivity contribution in [3.05, 3.63) is 40.3 Å². The molecular formula is C20H26N4O3. The van der Waals surface area contributed by atoms with Gasteiger partial charge in [0.1, 0.15) is 5.69 Å². The summed E-state index contributed by atoms with van der Waals surface area (Å²) in [6.07, 6.45) is 1.33. The summed E-state index contributed by atoms with van der Waals surface area (Å²) in [5.74, 6) is 0.109. The van der Waals surface area contributed by atoms with Crippen LogP contribution < -0.4 is 5.56 Å². The van der Waals surface area contributed by atoms with Crippen molar-refractivity contribution in [3.63, 3.8) is 0 Å². The predicted molar refractivity (Wildman–Crippen MR) is 103 cm³/mol. The molecule has 0 atom stereocenters. The van der Waals surface area contributed by atoms with Crippen molar-refractivity contribution < 1.29 is 9.59 Å². The van der Waals surface area contributed by atoms with Crippen LogP contribution in [0, 0.1) is 5.92 Å². The average molecular weight is 370 g/mol. The van der Waals surface area contributed by atoms with E-state index in [0.717, 1.165) is 11.9 Å². The maximum Gasteiger partial charge on any atom is 0.270 e. The number of fused-ring (bicyclic) bond motifs is 1. The molecule has 7 heteroatoms. The molecule has 0 spiro atoms. The molecule has 1 aromatic heterocycles. The molecule has 1 saturated heterocycles. The number of nitrogens with one attached hydrogen (secondary N) is 1. The SMILES string of the molecule is CC(C)C(=O)N1CCCN(C(=O)CCc2nc3ccccc3[nH]c2=O)CC1. The Labute approximate surface area is 158 Å². The van der Waals surface area contributed by atoms with Gasteiger partial charge in [0.05, 0.1) is 11.0 Å². The Morgan fingerprint density at radius 3 is 2.59 bits per heavy atom.